The van der Waals surface area contributed by atoms with E-state index >= 15 is 0 Å². The number of carbonyl (C=O) groups is 1. The molecular weight excluding hydrogens is 156 g/mol. The molecule has 3 nitrogen and oxygen atoms in total. The third kappa shape index (κ3) is 3.05. The Labute approximate surface area is 71.3 Å². The van der Waals surface area contributed by atoms with Crippen molar-refractivity contribution in [2.75, 3.05) is 0 Å². The highest BCUT2D eigenvalue weighted by Crippen LogP contribution is 2.18. The van der Waals surface area contributed by atoms with Crippen LogP contribution >= 0.6 is 0 Å². The molecular formula is C9H12O3. The van der Waals surface area contributed by atoms with Crippen LogP contribution in [0.4, 0.5) is 0 Å². The molecule has 66 valence electrons. The number of benzene rings is 1. The van der Waals surface area contributed by atoms with Crippen LogP contribution in [-0.4, -0.2) is 16.5 Å². The first kappa shape index (κ1) is 10.5. The first-order valence-electron chi connectivity index (χ1n) is 3.70. The number of hydrogen-bond acceptors (Lipinski definition) is 3. The van der Waals surface area contributed by atoms with Gasteiger partial charge in [-0.3, -0.25) is 4.79 Å². The van der Waals surface area contributed by atoms with Gasteiger partial charge in [-0.2, -0.15) is 0 Å². The average molecular weight is 168 g/mol. The molecule has 0 unspecified atom stereocenters. The monoisotopic (exact) mass is 168 g/mol. The maximum Gasteiger partial charge on any atom is 0.150 e. The van der Waals surface area contributed by atoms with E-state index in [1.54, 1.807) is 0 Å². The number of phenolic OH excluding ortho intramolecular Hbond substituents is 2. The maximum atomic E-state index is 10.1. The molecule has 12 heavy (non-hydrogen) atoms. The normalized spacial score (nSPS) is 8.17. The van der Waals surface area contributed by atoms with Crippen LogP contribution in [0, 0.1) is 0 Å². The Bertz CT molecular complexity index is 236. The third-order valence-electron chi connectivity index (χ3n) is 1.06. The van der Waals surface area contributed by atoms with Crippen molar-refractivity contribution in [3.05, 3.63) is 23.8 Å². The van der Waals surface area contributed by atoms with Gasteiger partial charge in [0, 0.05) is 11.6 Å². The van der Waals surface area contributed by atoms with E-state index in [0.29, 0.717) is 6.29 Å². The first-order valence-corrected chi connectivity index (χ1v) is 3.70. The standard InChI is InChI=1S/C7H6O3.C2H6/c8-4-5-1-6(9)3-7(10)2-5;1-2/h1-4,9-10H;1-2H3. The van der Waals surface area contributed by atoms with E-state index in [2.05, 4.69) is 0 Å². The van der Waals surface area contributed by atoms with Gasteiger partial charge in [0.15, 0.2) is 0 Å². The van der Waals surface area contributed by atoms with Crippen molar-refractivity contribution >= 4 is 6.29 Å². The lowest BCUT2D eigenvalue weighted by Crippen LogP contribution is -1.77. The van der Waals surface area contributed by atoms with Crippen molar-refractivity contribution in [1.29, 1.82) is 0 Å². The average Bonchev–Trinajstić information content (AvgIpc) is 2.06. The van der Waals surface area contributed by atoms with Gasteiger partial charge in [0.25, 0.3) is 0 Å². The summed E-state index contributed by atoms with van der Waals surface area (Å²) >= 11 is 0. The number of aromatic hydroxyl groups is 2. The Hall–Kier alpha value is -1.51. The van der Waals surface area contributed by atoms with Crippen LogP contribution < -0.4 is 0 Å². The minimum atomic E-state index is -0.109. The zero-order chi connectivity index (χ0) is 9.56. The van der Waals surface area contributed by atoms with Crippen LogP contribution in [0.15, 0.2) is 18.2 Å². The molecule has 0 saturated heterocycles. The number of carbonyl (C=O) groups excluding carboxylic acids is 1. The predicted octanol–water partition coefficient (Wildman–Crippen LogP) is 1.94. The number of phenols is 2. The summed E-state index contributed by atoms with van der Waals surface area (Å²) in [6, 6.07) is 3.70. The van der Waals surface area contributed by atoms with Gasteiger partial charge in [-0.1, -0.05) is 13.8 Å². The molecule has 0 aliphatic rings. The third-order valence-corrected chi connectivity index (χ3v) is 1.06. The number of aldehydes is 1. The molecule has 3 heteroatoms. The zero-order valence-electron chi connectivity index (χ0n) is 7.11. The zero-order valence-corrected chi connectivity index (χ0v) is 7.11. The second-order valence-electron chi connectivity index (χ2n) is 1.90. The van der Waals surface area contributed by atoms with Gasteiger partial charge in [0.2, 0.25) is 0 Å². The highest BCUT2D eigenvalue weighted by atomic mass is 16.3. The Morgan fingerprint density at radius 1 is 1.08 bits per heavy atom. The molecule has 0 atom stereocenters. The fourth-order valence-electron chi connectivity index (χ4n) is 0.686. The van der Waals surface area contributed by atoms with Crippen molar-refractivity contribution in [2.24, 2.45) is 0 Å². The molecule has 0 aromatic heterocycles. The lowest BCUT2D eigenvalue weighted by molar-refractivity contribution is 0.112. The maximum absolute atomic E-state index is 10.1. The largest absolute Gasteiger partial charge is 0.508 e. The second-order valence-corrected chi connectivity index (χ2v) is 1.90. The molecule has 0 spiro atoms. The number of hydrogen-bond donors (Lipinski definition) is 2. The summed E-state index contributed by atoms with van der Waals surface area (Å²) in [5.41, 5.74) is 0.262. The molecule has 2 N–H and O–H groups in total. The topological polar surface area (TPSA) is 57.5 Å². The van der Waals surface area contributed by atoms with E-state index < -0.39 is 0 Å². The Balaban J connectivity index is 0.000000561. The Kier molecular flexibility index (Phi) is 4.53. The van der Waals surface area contributed by atoms with Crippen LogP contribution in [-0.2, 0) is 0 Å². The minimum absolute atomic E-state index is 0.109. The minimum Gasteiger partial charge on any atom is -0.508 e. The van der Waals surface area contributed by atoms with Crippen molar-refractivity contribution < 1.29 is 15.0 Å². The summed E-state index contributed by atoms with van der Waals surface area (Å²) < 4.78 is 0. The second kappa shape index (κ2) is 5.18. The molecule has 0 heterocycles. The molecule has 0 aliphatic carbocycles. The first-order chi connectivity index (χ1) is 5.72. The molecule has 0 bridgehead atoms. The summed E-state index contributed by atoms with van der Waals surface area (Å²) in [5, 5.41) is 17.6. The SMILES string of the molecule is CC.O=Cc1cc(O)cc(O)c1. The smallest absolute Gasteiger partial charge is 0.150 e. The molecule has 1 aromatic carbocycles. The molecule has 0 aliphatic heterocycles. The van der Waals surface area contributed by atoms with Gasteiger partial charge in [-0.15, -0.1) is 0 Å². The van der Waals surface area contributed by atoms with Gasteiger partial charge in [0.1, 0.15) is 17.8 Å². The molecule has 0 fully saturated rings. The van der Waals surface area contributed by atoms with Gasteiger partial charge in [-0.25, -0.2) is 0 Å². The van der Waals surface area contributed by atoms with Crippen molar-refractivity contribution in [3.8, 4) is 11.5 Å². The number of rotatable bonds is 1. The van der Waals surface area contributed by atoms with E-state index in [4.69, 9.17) is 10.2 Å². The summed E-state index contributed by atoms with van der Waals surface area (Å²) in [4.78, 5) is 10.1. The van der Waals surface area contributed by atoms with E-state index in [1.807, 2.05) is 13.8 Å². The van der Waals surface area contributed by atoms with Gasteiger partial charge in [0.05, 0.1) is 0 Å². The van der Waals surface area contributed by atoms with Crippen molar-refractivity contribution in [3.63, 3.8) is 0 Å². The van der Waals surface area contributed by atoms with Crippen LogP contribution in [0.1, 0.15) is 24.2 Å². The van der Waals surface area contributed by atoms with Crippen LogP contribution in [0.3, 0.4) is 0 Å². The van der Waals surface area contributed by atoms with Crippen molar-refractivity contribution in [2.45, 2.75) is 13.8 Å². The van der Waals surface area contributed by atoms with Gasteiger partial charge >= 0.3 is 0 Å². The van der Waals surface area contributed by atoms with Crippen molar-refractivity contribution in [1.82, 2.24) is 0 Å². The molecule has 0 radical (unpaired) electrons. The summed E-state index contributed by atoms with van der Waals surface area (Å²) in [6.45, 7) is 4.00. The molecule has 0 saturated carbocycles. The molecule has 1 rings (SSSR count). The fraction of sp³-hybridized carbons (Fsp3) is 0.222. The van der Waals surface area contributed by atoms with Gasteiger partial charge in [-0.05, 0) is 12.1 Å². The van der Waals surface area contributed by atoms with Crippen LogP contribution in [0.25, 0.3) is 0 Å². The summed E-state index contributed by atoms with van der Waals surface area (Å²) in [5.74, 6) is -0.218. The van der Waals surface area contributed by atoms with Crippen LogP contribution in [0.5, 0.6) is 11.5 Å². The summed E-state index contributed by atoms with van der Waals surface area (Å²) in [6.07, 6.45) is 0.555. The molecule has 1 aromatic rings. The highest BCUT2D eigenvalue weighted by molar-refractivity contribution is 5.76. The quantitative estimate of drug-likeness (QED) is 0.630. The van der Waals surface area contributed by atoms with E-state index in [1.165, 1.54) is 12.1 Å². The highest BCUT2D eigenvalue weighted by Gasteiger charge is 1.95. The van der Waals surface area contributed by atoms with Crippen LogP contribution in [0.2, 0.25) is 0 Å². The summed E-state index contributed by atoms with van der Waals surface area (Å²) in [7, 11) is 0. The molecule has 0 amide bonds. The lowest BCUT2D eigenvalue weighted by atomic mass is 10.2. The predicted molar refractivity (Wildman–Crippen MR) is 46.5 cm³/mol. The lowest BCUT2D eigenvalue weighted by Gasteiger charge is -1.94. The van der Waals surface area contributed by atoms with E-state index in [-0.39, 0.29) is 17.1 Å². The Morgan fingerprint density at radius 2 is 1.50 bits per heavy atom. The van der Waals surface area contributed by atoms with E-state index in [0.717, 1.165) is 6.07 Å². The van der Waals surface area contributed by atoms with Gasteiger partial charge < -0.3 is 10.2 Å². The Morgan fingerprint density at radius 3 is 1.83 bits per heavy atom. The van der Waals surface area contributed by atoms with E-state index in [9.17, 15) is 4.79 Å². The fourth-order valence-corrected chi connectivity index (χ4v) is 0.686.